The Kier molecular flexibility index (Phi) is 5.11. The SMILES string of the molecule is C[C@@H](Oc1cc(C(F)(F)F)c2[nH]nc(-c3cnn(C)c3)c2c1)c1c(Cl)cncc1Cl. The number of nitrogens with one attached hydrogen (secondary N) is 1. The average molecular weight is 456 g/mol. The molecule has 0 aliphatic rings. The molecule has 3 heterocycles. The molecular weight excluding hydrogens is 442 g/mol. The van der Waals surface area contributed by atoms with Gasteiger partial charge in [-0.15, -0.1) is 0 Å². The van der Waals surface area contributed by atoms with Gasteiger partial charge in [0.25, 0.3) is 0 Å². The second-order valence-electron chi connectivity index (χ2n) is 6.64. The lowest BCUT2D eigenvalue weighted by molar-refractivity contribution is -0.136. The Labute approximate surface area is 178 Å². The zero-order chi connectivity index (χ0) is 21.6. The van der Waals surface area contributed by atoms with Gasteiger partial charge in [0.15, 0.2) is 0 Å². The van der Waals surface area contributed by atoms with E-state index in [1.165, 1.54) is 29.3 Å². The summed E-state index contributed by atoms with van der Waals surface area (Å²) in [4.78, 5) is 3.87. The first-order chi connectivity index (χ1) is 14.1. The molecule has 3 aromatic heterocycles. The number of alkyl halides is 3. The first-order valence-corrected chi connectivity index (χ1v) is 9.44. The third-order valence-corrected chi connectivity index (χ3v) is 5.14. The van der Waals surface area contributed by atoms with Crippen molar-refractivity contribution in [3.05, 3.63) is 58.1 Å². The Morgan fingerprint density at radius 1 is 1.13 bits per heavy atom. The number of H-pyrrole nitrogens is 1. The summed E-state index contributed by atoms with van der Waals surface area (Å²) in [6.45, 7) is 1.64. The van der Waals surface area contributed by atoms with Crippen LogP contribution in [0.5, 0.6) is 5.75 Å². The van der Waals surface area contributed by atoms with E-state index >= 15 is 0 Å². The second-order valence-corrected chi connectivity index (χ2v) is 7.46. The molecule has 1 aromatic carbocycles. The molecule has 30 heavy (non-hydrogen) atoms. The van der Waals surface area contributed by atoms with Crippen LogP contribution in [0.3, 0.4) is 0 Å². The third kappa shape index (κ3) is 3.70. The van der Waals surface area contributed by atoms with Gasteiger partial charge in [-0.2, -0.15) is 23.4 Å². The Bertz CT molecular complexity index is 1210. The topological polar surface area (TPSA) is 68.6 Å². The summed E-state index contributed by atoms with van der Waals surface area (Å²) in [6.07, 6.45) is 0.629. The van der Waals surface area contributed by atoms with E-state index in [0.717, 1.165) is 6.07 Å². The van der Waals surface area contributed by atoms with Crippen LogP contribution in [-0.4, -0.2) is 25.0 Å². The van der Waals surface area contributed by atoms with Crippen molar-refractivity contribution in [2.75, 3.05) is 0 Å². The van der Waals surface area contributed by atoms with Crippen molar-refractivity contribution in [2.45, 2.75) is 19.2 Å². The zero-order valence-corrected chi connectivity index (χ0v) is 17.1. The highest BCUT2D eigenvalue weighted by Gasteiger charge is 2.35. The van der Waals surface area contributed by atoms with Crippen LogP contribution in [0.15, 0.2) is 36.9 Å². The number of halogens is 5. The summed E-state index contributed by atoms with van der Waals surface area (Å²) < 4.78 is 48.5. The van der Waals surface area contributed by atoms with E-state index in [9.17, 15) is 13.2 Å². The van der Waals surface area contributed by atoms with E-state index in [-0.39, 0.29) is 26.7 Å². The van der Waals surface area contributed by atoms with E-state index in [4.69, 9.17) is 27.9 Å². The number of benzene rings is 1. The van der Waals surface area contributed by atoms with Crippen molar-refractivity contribution in [3.63, 3.8) is 0 Å². The normalized spacial score (nSPS) is 13.0. The van der Waals surface area contributed by atoms with Gasteiger partial charge in [-0.3, -0.25) is 14.8 Å². The molecular formula is C19H14Cl2F3N5O. The predicted octanol–water partition coefficient (Wildman–Crippen LogP) is 5.82. The van der Waals surface area contributed by atoms with Gasteiger partial charge < -0.3 is 4.74 Å². The fourth-order valence-corrected chi connectivity index (χ4v) is 3.89. The van der Waals surface area contributed by atoms with Crippen LogP contribution in [0.1, 0.15) is 24.2 Å². The van der Waals surface area contributed by atoms with Gasteiger partial charge in [0.1, 0.15) is 17.5 Å². The number of aryl methyl sites for hydroxylation is 1. The highest BCUT2D eigenvalue weighted by atomic mass is 35.5. The van der Waals surface area contributed by atoms with Crippen LogP contribution < -0.4 is 4.74 Å². The van der Waals surface area contributed by atoms with Gasteiger partial charge in [0.05, 0.1) is 27.3 Å². The molecule has 0 unspecified atom stereocenters. The molecule has 1 atom stereocenters. The number of rotatable bonds is 4. The van der Waals surface area contributed by atoms with Crippen LogP contribution in [0.4, 0.5) is 13.2 Å². The molecule has 0 aliphatic carbocycles. The molecule has 0 spiro atoms. The maximum absolute atomic E-state index is 13.7. The monoisotopic (exact) mass is 455 g/mol. The fraction of sp³-hybridized carbons (Fsp3) is 0.211. The van der Waals surface area contributed by atoms with Crippen molar-refractivity contribution in [1.82, 2.24) is 25.0 Å². The molecule has 4 aromatic rings. The van der Waals surface area contributed by atoms with Crippen molar-refractivity contribution in [3.8, 4) is 17.0 Å². The lowest BCUT2D eigenvalue weighted by atomic mass is 10.1. The quantitative estimate of drug-likeness (QED) is 0.420. The van der Waals surface area contributed by atoms with Gasteiger partial charge in [0, 0.05) is 42.2 Å². The molecule has 0 aliphatic heterocycles. The van der Waals surface area contributed by atoms with Gasteiger partial charge >= 0.3 is 6.18 Å². The van der Waals surface area contributed by atoms with Gasteiger partial charge in [-0.05, 0) is 19.1 Å². The number of nitrogens with zero attached hydrogens (tertiary/aromatic N) is 4. The van der Waals surface area contributed by atoms with Crippen LogP contribution in [0.2, 0.25) is 10.0 Å². The molecule has 0 fully saturated rings. The van der Waals surface area contributed by atoms with Crippen molar-refractivity contribution < 1.29 is 17.9 Å². The van der Waals surface area contributed by atoms with Gasteiger partial charge in [-0.1, -0.05) is 23.2 Å². The minimum atomic E-state index is -4.62. The summed E-state index contributed by atoms with van der Waals surface area (Å²) in [5.74, 6) is -0.00203. The smallest absolute Gasteiger partial charge is 0.418 e. The molecule has 0 amide bonds. The molecule has 11 heteroatoms. The summed E-state index contributed by atoms with van der Waals surface area (Å²) in [7, 11) is 1.71. The predicted molar refractivity (Wildman–Crippen MR) is 107 cm³/mol. The van der Waals surface area contributed by atoms with E-state index < -0.39 is 17.8 Å². The molecule has 0 radical (unpaired) electrons. The van der Waals surface area contributed by atoms with E-state index in [1.807, 2.05) is 0 Å². The minimum absolute atomic E-state index is 0.00203. The lowest BCUT2D eigenvalue weighted by Gasteiger charge is -2.19. The Morgan fingerprint density at radius 2 is 1.83 bits per heavy atom. The summed E-state index contributed by atoms with van der Waals surface area (Å²) in [5, 5.41) is 11.4. The van der Waals surface area contributed by atoms with Crippen molar-refractivity contribution in [1.29, 1.82) is 0 Å². The number of hydrogen-bond acceptors (Lipinski definition) is 4. The Balaban J connectivity index is 1.84. The molecule has 156 valence electrons. The number of aromatic amines is 1. The standard InChI is InChI=1S/C19H14Cl2F3N5O/c1-9(16-14(20)6-25-7-15(16)21)30-11-3-12-17(10-5-26-29(2)8-10)27-28-18(12)13(4-11)19(22,23)24/h3-9H,1-2H3,(H,27,28)/t9-/m1/s1. The highest BCUT2D eigenvalue weighted by Crippen LogP contribution is 2.41. The number of ether oxygens (including phenoxy) is 1. The lowest BCUT2D eigenvalue weighted by Crippen LogP contribution is -2.09. The second kappa shape index (κ2) is 7.48. The molecule has 0 saturated heterocycles. The number of aromatic nitrogens is 5. The Morgan fingerprint density at radius 3 is 2.43 bits per heavy atom. The minimum Gasteiger partial charge on any atom is -0.486 e. The first-order valence-electron chi connectivity index (χ1n) is 8.69. The van der Waals surface area contributed by atoms with Crippen molar-refractivity contribution in [2.24, 2.45) is 7.05 Å². The molecule has 1 N–H and O–H groups in total. The highest BCUT2D eigenvalue weighted by molar-refractivity contribution is 6.35. The van der Waals surface area contributed by atoms with Crippen LogP contribution in [-0.2, 0) is 13.2 Å². The maximum atomic E-state index is 13.7. The van der Waals surface area contributed by atoms with Crippen LogP contribution >= 0.6 is 23.2 Å². The average Bonchev–Trinajstić information content (AvgIpc) is 3.26. The van der Waals surface area contributed by atoms with E-state index in [2.05, 4.69) is 20.3 Å². The zero-order valence-electron chi connectivity index (χ0n) is 15.6. The Hall–Kier alpha value is -2.78. The fourth-order valence-electron chi connectivity index (χ4n) is 3.22. The summed E-state index contributed by atoms with van der Waals surface area (Å²) in [6, 6.07) is 2.42. The van der Waals surface area contributed by atoms with E-state index in [0.29, 0.717) is 16.8 Å². The van der Waals surface area contributed by atoms with E-state index in [1.54, 1.807) is 20.2 Å². The maximum Gasteiger partial charge on any atom is 0.418 e. The molecule has 6 nitrogen and oxygen atoms in total. The largest absolute Gasteiger partial charge is 0.486 e. The van der Waals surface area contributed by atoms with Crippen LogP contribution in [0, 0.1) is 0 Å². The van der Waals surface area contributed by atoms with Gasteiger partial charge in [0.2, 0.25) is 0 Å². The first kappa shape index (κ1) is 20.5. The molecule has 0 bridgehead atoms. The summed E-state index contributed by atoms with van der Waals surface area (Å²) in [5.41, 5.74) is 0.309. The summed E-state index contributed by atoms with van der Waals surface area (Å²) >= 11 is 12.3. The van der Waals surface area contributed by atoms with Gasteiger partial charge in [-0.25, -0.2) is 0 Å². The number of fused-ring (bicyclic) bond motifs is 1. The third-order valence-electron chi connectivity index (χ3n) is 4.54. The number of pyridine rings is 1. The molecule has 4 rings (SSSR count). The van der Waals surface area contributed by atoms with Crippen molar-refractivity contribution >= 4 is 34.1 Å². The molecule has 0 saturated carbocycles. The van der Waals surface area contributed by atoms with Crippen LogP contribution in [0.25, 0.3) is 22.2 Å². The number of hydrogen-bond donors (Lipinski definition) is 1.